The zero-order valence-corrected chi connectivity index (χ0v) is 12.3. The first-order valence-electron chi connectivity index (χ1n) is 7.16. The van der Waals surface area contributed by atoms with Crippen LogP contribution in [-0.2, 0) is 11.3 Å². The third-order valence-electron chi connectivity index (χ3n) is 3.97. The highest BCUT2D eigenvalue weighted by Gasteiger charge is 2.28. The zero-order chi connectivity index (χ0) is 15.4. The summed E-state index contributed by atoms with van der Waals surface area (Å²) in [5.41, 5.74) is 13.1. The molecule has 1 saturated heterocycles. The van der Waals surface area contributed by atoms with Crippen molar-refractivity contribution < 1.29 is 9.59 Å². The van der Waals surface area contributed by atoms with Gasteiger partial charge in [0, 0.05) is 24.8 Å². The van der Waals surface area contributed by atoms with Gasteiger partial charge in [-0.15, -0.1) is 0 Å². The first kappa shape index (κ1) is 15.3. The van der Waals surface area contributed by atoms with Crippen LogP contribution in [0.4, 0.5) is 5.69 Å². The molecule has 1 aliphatic heterocycles. The summed E-state index contributed by atoms with van der Waals surface area (Å²) in [6.45, 7) is 1.47. The highest BCUT2D eigenvalue weighted by molar-refractivity contribution is 5.93. The van der Waals surface area contributed by atoms with Gasteiger partial charge in [0.15, 0.2) is 0 Å². The van der Waals surface area contributed by atoms with Gasteiger partial charge in [0.25, 0.3) is 0 Å². The number of likely N-dealkylation sites (tertiary alicyclic amines) is 1. The van der Waals surface area contributed by atoms with Crippen molar-refractivity contribution in [3.8, 4) is 0 Å². The monoisotopic (exact) mass is 290 g/mol. The molecule has 0 saturated carbocycles. The second-order valence-corrected chi connectivity index (χ2v) is 5.37. The number of likely N-dealkylation sites (N-methyl/N-ethyl adjacent to an activating group) is 1. The molecule has 0 radical (unpaired) electrons. The Morgan fingerprint density at radius 1 is 1.38 bits per heavy atom. The molecule has 1 unspecified atom stereocenters. The van der Waals surface area contributed by atoms with E-state index in [2.05, 4.69) is 10.2 Å². The van der Waals surface area contributed by atoms with Gasteiger partial charge < -0.3 is 16.8 Å². The van der Waals surface area contributed by atoms with Crippen LogP contribution in [0.5, 0.6) is 0 Å². The van der Waals surface area contributed by atoms with Crippen molar-refractivity contribution in [1.29, 1.82) is 0 Å². The van der Waals surface area contributed by atoms with Crippen LogP contribution in [0.25, 0.3) is 0 Å². The fourth-order valence-electron chi connectivity index (χ4n) is 2.75. The Bertz CT molecular complexity index is 544. The number of anilines is 1. The molecule has 0 bridgehead atoms. The minimum atomic E-state index is -0.491. The summed E-state index contributed by atoms with van der Waals surface area (Å²) in [6, 6.07) is 4.97. The predicted octanol–water partition coefficient (Wildman–Crippen LogP) is 0.468. The van der Waals surface area contributed by atoms with E-state index < -0.39 is 5.91 Å². The number of primary amides is 1. The van der Waals surface area contributed by atoms with Crippen LogP contribution in [0.2, 0.25) is 0 Å². The number of piperidine rings is 1. The summed E-state index contributed by atoms with van der Waals surface area (Å²) in [7, 11) is 1.66. The third-order valence-corrected chi connectivity index (χ3v) is 3.97. The third kappa shape index (κ3) is 3.52. The maximum absolute atomic E-state index is 12.0. The van der Waals surface area contributed by atoms with Crippen molar-refractivity contribution in [1.82, 2.24) is 10.2 Å². The second-order valence-electron chi connectivity index (χ2n) is 5.37. The Morgan fingerprint density at radius 3 is 2.76 bits per heavy atom. The van der Waals surface area contributed by atoms with Gasteiger partial charge in [-0.3, -0.25) is 14.5 Å². The number of nitrogens with one attached hydrogen (secondary N) is 1. The standard InChI is InChI=1S/C15H22N4O2/c1-18-15(21)13-4-2-3-7-19(13)9-11-6-5-10(14(17)20)8-12(11)16/h5-6,8,13H,2-4,7,9,16H2,1H3,(H2,17,20)(H,18,21). The van der Waals surface area contributed by atoms with E-state index in [1.807, 2.05) is 6.07 Å². The lowest BCUT2D eigenvalue weighted by Crippen LogP contribution is -2.48. The number of nitrogens with zero attached hydrogens (tertiary/aromatic N) is 1. The topological polar surface area (TPSA) is 101 Å². The van der Waals surface area contributed by atoms with Gasteiger partial charge in [0.2, 0.25) is 11.8 Å². The average Bonchev–Trinajstić information content (AvgIpc) is 2.49. The Hall–Kier alpha value is -2.08. The van der Waals surface area contributed by atoms with Gasteiger partial charge in [-0.25, -0.2) is 0 Å². The maximum atomic E-state index is 12.0. The molecule has 114 valence electrons. The first-order chi connectivity index (χ1) is 10.0. The number of hydrogen-bond acceptors (Lipinski definition) is 4. The Kier molecular flexibility index (Phi) is 4.80. The van der Waals surface area contributed by atoms with Crippen molar-refractivity contribution in [2.24, 2.45) is 5.73 Å². The van der Waals surface area contributed by atoms with E-state index in [9.17, 15) is 9.59 Å². The fraction of sp³-hybridized carbons (Fsp3) is 0.467. The van der Waals surface area contributed by atoms with Gasteiger partial charge in [-0.2, -0.15) is 0 Å². The first-order valence-corrected chi connectivity index (χ1v) is 7.16. The number of carbonyl (C=O) groups excluding carboxylic acids is 2. The number of carbonyl (C=O) groups is 2. The molecule has 2 amide bonds. The van der Waals surface area contributed by atoms with E-state index in [1.54, 1.807) is 19.2 Å². The molecule has 1 heterocycles. The minimum absolute atomic E-state index is 0.0435. The molecule has 2 rings (SSSR count). The lowest BCUT2D eigenvalue weighted by molar-refractivity contribution is -0.127. The Labute approximate surface area is 124 Å². The van der Waals surface area contributed by atoms with E-state index in [0.717, 1.165) is 31.4 Å². The number of benzene rings is 1. The van der Waals surface area contributed by atoms with Gasteiger partial charge >= 0.3 is 0 Å². The zero-order valence-electron chi connectivity index (χ0n) is 12.3. The average molecular weight is 290 g/mol. The molecule has 5 N–H and O–H groups in total. The number of amides is 2. The largest absolute Gasteiger partial charge is 0.398 e. The van der Waals surface area contributed by atoms with Gasteiger partial charge in [0.1, 0.15) is 0 Å². The summed E-state index contributed by atoms with van der Waals surface area (Å²) in [5, 5.41) is 2.72. The van der Waals surface area contributed by atoms with Crippen LogP contribution < -0.4 is 16.8 Å². The molecule has 1 atom stereocenters. The molecule has 0 spiro atoms. The molecule has 1 fully saturated rings. The second kappa shape index (κ2) is 6.58. The van der Waals surface area contributed by atoms with Crippen LogP contribution in [0, 0.1) is 0 Å². The summed E-state index contributed by atoms with van der Waals surface area (Å²) < 4.78 is 0. The van der Waals surface area contributed by atoms with Gasteiger partial charge in [0.05, 0.1) is 6.04 Å². The maximum Gasteiger partial charge on any atom is 0.248 e. The number of nitrogens with two attached hydrogens (primary N) is 2. The highest BCUT2D eigenvalue weighted by atomic mass is 16.2. The molecule has 1 aliphatic rings. The molecular weight excluding hydrogens is 268 g/mol. The van der Waals surface area contributed by atoms with E-state index in [4.69, 9.17) is 11.5 Å². The SMILES string of the molecule is CNC(=O)C1CCCCN1Cc1ccc(C(N)=O)cc1N. The summed E-state index contributed by atoms with van der Waals surface area (Å²) in [5.74, 6) is -0.448. The number of hydrogen-bond donors (Lipinski definition) is 3. The van der Waals surface area contributed by atoms with E-state index in [-0.39, 0.29) is 11.9 Å². The van der Waals surface area contributed by atoms with Crippen molar-refractivity contribution >= 4 is 17.5 Å². The van der Waals surface area contributed by atoms with Crippen molar-refractivity contribution in [2.45, 2.75) is 31.8 Å². The van der Waals surface area contributed by atoms with Crippen LogP contribution in [0.15, 0.2) is 18.2 Å². The summed E-state index contributed by atoms with van der Waals surface area (Å²) in [4.78, 5) is 25.2. The number of nitrogen functional groups attached to an aromatic ring is 1. The van der Waals surface area contributed by atoms with Crippen molar-refractivity contribution in [3.63, 3.8) is 0 Å². The van der Waals surface area contributed by atoms with Crippen molar-refractivity contribution in [2.75, 3.05) is 19.3 Å². The molecule has 1 aromatic rings. The predicted molar refractivity (Wildman–Crippen MR) is 81.5 cm³/mol. The normalized spacial score (nSPS) is 19.2. The molecule has 0 aromatic heterocycles. The summed E-state index contributed by atoms with van der Waals surface area (Å²) >= 11 is 0. The van der Waals surface area contributed by atoms with Gasteiger partial charge in [-0.1, -0.05) is 12.5 Å². The Balaban J connectivity index is 2.15. The molecule has 1 aromatic carbocycles. The van der Waals surface area contributed by atoms with E-state index in [0.29, 0.717) is 17.8 Å². The Morgan fingerprint density at radius 2 is 2.14 bits per heavy atom. The molecule has 0 aliphatic carbocycles. The minimum Gasteiger partial charge on any atom is -0.398 e. The van der Waals surface area contributed by atoms with Gasteiger partial charge in [-0.05, 0) is 37.1 Å². The van der Waals surface area contributed by atoms with Crippen LogP contribution in [0.3, 0.4) is 0 Å². The lowest BCUT2D eigenvalue weighted by atomic mass is 9.99. The lowest BCUT2D eigenvalue weighted by Gasteiger charge is -2.34. The smallest absolute Gasteiger partial charge is 0.248 e. The molecule has 21 heavy (non-hydrogen) atoms. The van der Waals surface area contributed by atoms with Crippen molar-refractivity contribution in [3.05, 3.63) is 29.3 Å². The molecule has 6 heteroatoms. The van der Waals surface area contributed by atoms with E-state index >= 15 is 0 Å². The fourth-order valence-corrected chi connectivity index (χ4v) is 2.75. The molecular formula is C15H22N4O2. The van der Waals surface area contributed by atoms with Crippen LogP contribution >= 0.6 is 0 Å². The van der Waals surface area contributed by atoms with Crippen LogP contribution in [0.1, 0.15) is 35.2 Å². The summed E-state index contributed by atoms with van der Waals surface area (Å²) in [6.07, 6.45) is 3.00. The van der Waals surface area contributed by atoms with E-state index in [1.165, 1.54) is 0 Å². The number of rotatable bonds is 4. The highest BCUT2D eigenvalue weighted by Crippen LogP contribution is 2.23. The van der Waals surface area contributed by atoms with Crippen LogP contribution in [-0.4, -0.2) is 36.3 Å². The quantitative estimate of drug-likeness (QED) is 0.701. The molecule has 6 nitrogen and oxygen atoms in total.